The van der Waals surface area contributed by atoms with E-state index in [0.29, 0.717) is 47.9 Å². The highest BCUT2D eigenvalue weighted by Crippen LogP contribution is 2.42. The molecule has 304 valence electrons. The van der Waals surface area contributed by atoms with E-state index in [1.807, 2.05) is 6.07 Å². The van der Waals surface area contributed by atoms with Crippen molar-refractivity contribution >= 4 is 11.0 Å². The molecule has 0 fully saturated rings. The summed E-state index contributed by atoms with van der Waals surface area (Å²) in [5.74, 6) is 1.07. The van der Waals surface area contributed by atoms with E-state index in [1.54, 1.807) is 6.07 Å². The zero-order valence-electron chi connectivity index (χ0n) is 34.5. The molecule has 0 atom stereocenters. The van der Waals surface area contributed by atoms with Gasteiger partial charge < -0.3 is 28.8 Å². The van der Waals surface area contributed by atoms with Gasteiger partial charge in [0.05, 0.1) is 19.8 Å². The number of unbranched alkanes of at least 4 members (excludes halogenated alkanes) is 20. The Hall–Kier alpha value is -3.35. The molecular weight excluding hydrogens is 677 g/mol. The van der Waals surface area contributed by atoms with E-state index in [9.17, 15) is 15.0 Å². The molecule has 0 aliphatic carbocycles. The number of ether oxygens (including phenoxy) is 3. The van der Waals surface area contributed by atoms with Crippen LogP contribution < -0.4 is 19.6 Å². The largest absolute Gasteiger partial charge is 0.504 e. The van der Waals surface area contributed by atoms with Crippen LogP contribution in [0.4, 0.5) is 0 Å². The molecule has 3 rings (SSSR count). The number of phenols is 2. The van der Waals surface area contributed by atoms with Crippen LogP contribution in [0.15, 0.2) is 33.5 Å². The normalized spacial score (nSPS) is 11.4. The Morgan fingerprint density at radius 3 is 1.50 bits per heavy atom. The Morgan fingerprint density at radius 2 is 0.981 bits per heavy atom. The van der Waals surface area contributed by atoms with Crippen molar-refractivity contribution in [2.45, 2.75) is 188 Å². The van der Waals surface area contributed by atoms with Gasteiger partial charge in [0.25, 0.3) is 0 Å². The molecule has 2 aromatic carbocycles. The van der Waals surface area contributed by atoms with Crippen LogP contribution in [0, 0.1) is 0 Å². The molecule has 0 saturated heterocycles. The second kappa shape index (κ2) is 27.3. The molecule has 7 nitrogen and oxygen atoms in total. The summed E-state index contributed by atoms with van der Waals surface area (Å²) in [5, 5.41) is 20.9. The molecule has 0 bridgehead atoms. The lowest BCUT2D eigenvalue weighted by atomic mass is 10.00. The lowest BCUT2D eigenvalue weighted by Gasteiger charge is -2.20. The Labute approximate surface area is 327 Å². The molecule has 1 heterocycles. The molecule has 0 radical (unpaired) electrons. The van der Waals surface area contributed by atoms with Gasteiger partial charge in [-0.05, 0) is 50.3 Å². The summed E-state index contributed by atoms with van der Waals surface area (Å²) < 4.78 is 26.2. The van der Waals surface area contributed by atoms with Crippen molar-refractivity contribution in [3.05, 3.63) is 40.1 Å². The molecule has 0 spiro atoms. The number of phenolic OH excluding ortho intramolecular Hbond substituents is 2. The summed E-state index contributed by atoms with van der Waals surface area (Å²) in [6.45, 7) is 10.4. The van der Waals surface area contributed by atoms with Crippen LogP contribution in [-0.2, 0) is 6.42 Å². The summed E-state index contributed by atoms with van der Waals surface area (Å²) in [6, 6.07) is 6.32. The summed E-state index contributed by atoms with van der Waals surface area (Å²) in [6.07, 6.45) is 28.1. The van der Waals surface area contributed by atoms with Crippen LogP contribution >= 0.6 is 0 Å². The Bertz CT molecular complexity index is 1510. The third-order valence-electron chi connectivity index (χ3n) is 10.4. The maximum atomic E-state index is 14.8. The molecule has 0 amide bonds. The maximum absolute atomic E-state index is 14.8. The third kappa shape index (κ3) is 15.4. The lowest BCUT2D eigenvalue weighted by molar-refractivity contribution is 0.283. The molecule has 0 aliphatic rings. The Kier molecular flexibility index (Phi) is 22.7. The average molecular weight is 751 g/mol. The first-order chi connectivity index (χ1) is 26.5. The van der Waals surface area contributed by atoms with Crippen molar-refractivity contribution in [3.8, 4) is 40.1 Å². The topological polar surface area (TPSA) is 98.4 Å². The molecular formula is C47H74O7. The van der Waals surface area contributed by atoms with Gasteiger partial charge in [0.2, 0.25) is 11.2 Å². The molecule has 3 aromatic rings. The van der Waals surface area contributed by atoms with E-state index >= 15 is 0 Å². The van der Waals surface area contributed by atoms with Crippen LogP contribution in [0.25, 0.3) is 22.3 Å². The summed E-state index contributed by atoms with van der Waals surface area (Å²) >= 11 is 0. The van der Waals surface area contributed by atoms with Gasteiger partial charge in [-0.25, -0.2) is 0 Å². The monoisotopic (exact) mass is 751 g/mol. The number of hydrogen-bond donors (Lipinski definition) is 2. The van der Waals surface area contributed by atoms with Crippen molar-refractivity contribution in [2.24, 2.45) is 0 Å². The van der Waals surface area contributed by atoms with Crippen molar-refractivity contribution in [1.82, 2.24) is 0 Å². The fourth-order valence-electron chi connectivity index (χ4n) is 7.09. The standard InChI is InChI=1S/C47H74O7/c1-5-9-13-17-21-25-29-38-41(51-32-26-22-18-14-10-6-2)36-42-43(46(38)52-33-27-23-19-15-11-7-3)44(50)47(53-34-28-24-20-16-12-8-4)45(54-42)37-30-31-39(48)40(49)35-37/h30-31,35-36,48-49H,5-29,32-34H2,1-4H3. The van der Waals surface area contributed by atoms with Gasteiger partial charge in [0, 0.05) is 17.2 Å². The van der Waals surface area contributed by atoms with E-state index in [2.05, 4.69) is 27.7 Å². The Morgan fingerprint density at radius 1 is 0.519 bits per heavy atom. The van der Waals surface area contributed by atoms with Crippen molar-refractivity contribution in [3.63, 3.8) is 0 Å². The van der Waals surface area contributed by atoms with Gasteiger partial charge in [0.1, 0.15) is 22.5 Å². The van der Waals surface area contributed by atoms with E-state index in [-0.39, 0.29) is 28.4 Å². The Balaban J connectivity index is 2.09. The average Bonchev–Trinajstić information content (AvgIpc) is 3.17. The summed E-state index contributed by atoms with van der Waals surface area (Å²) in [4.78, 5) is 14.8. The summed E-state index contributed by atoms with van der Waals surface area (Å²) in [5.41, 5.74) is 1.48. The van der Waals surface area contributed by atoms with Crippen LogP contribution in [0.1, 0.15) is 187 Å². The molecule has 7 heteroatoms. The fraction of sp³-hybridized carbons (Fsp3) is 0.681. The molecule has 1 aromatic heterocycles. The first-order valence-electron chi connectivity index (χ1n) is 22.0. The molecule has 0 aliphatic heterocycles. The number of fused-ring (bicyclic) bond motifs is 1. The highest BCUT2D eigenvalue weighted by molar-refractivity contribution is 5.90. The highest BCUT2D eigenvalue weighted by atomic mass is 16.5. The van der Waals surface area contributed by atoms with Gasteiger partial charge in [-0.15, -0.1) is 0 Å². The number of benzene rings is 2. The minimum atomic E-state index is -0.294. The first kappa shape index (κ1) is 45.0. The van der Waals surface area contributed by atoms with Crippen LogP contribution in [-0.4, -0.2) is 30.0 Å². The van der Waals surface area contributed by atoms with Gasteiger partial charge >= 0.3 is 0 Å². The number of hydrogen-bond acceptors (Lipinski definition) is 7. The second-order valence-corrected chi connectivity index (χ2v) is 15.2. The minimum absolute atomic E-state index is 0.108. The van der Waals surface area contributed by atoms with Gasteiger partial charge in [-0.1, -0.05) is 156 Å². The van der Waals surface area contributed by atoms with Crippen molar-refractivity contribution in [2.75, 3.05) is 19.8 Å². The number of rotatable bonds is 32. The van der Waals surface area contributed by atoms with Crippen molar-refractivity contribution in [1.29, 1.82) is 0 Å². The van der Waals surface area contributed by atoms with Gasteiger partial charge in [0.15, 0.2) is 17.3 Å². The first-order valence-corrected chi connectivity index (χ1v) is 22.0. The van der Waals surface area contributed by atoms with E-state index in [0.717, 1.165) is 69.8 Å². The number of aromatic hydroxyl groups is 2. The van der Waals surface area contributed by atoms with Crippen LogP contribution in [0.2, 0.25) is 0 Å². The zero-order chi connectivity index (χ0) is 38.8. The predicted molar refractivity (Wildman–Crippen MR) is 225 cm³/mol. The second-order valence-electron chi connectivity index (χ2n) is 15.2. The zero-order valence-corrected chi connectivity index (χ0v) is 34.5. The molecule has 0 unspecified atom stereocenters. The molecule has 2 N–H and O–H groups in total. The quantitative estimate of drug-likeness (QED) is 0.0484. The van der Waals surface area contributed by atoms with E-state index < -0.39 is 0 Å². The predicted octanol–water partition coefficient (Wildman–Crippen LogP) is 14.0. The van der Waals surface area contributed by atoms with Crippen LogP contribution in [0.3, 0.4) is 0 Å². The summed E-state index contributed by atoms with van der Waals surface area (Å²) in [7, 11) is 0. The van der Waals surface area contributed by atoms with E-state index in [4.69, 9.17) is 18.6 Å². The smallest absolute Gasteiger partial charge is 0.239 e. The molecule has 54 heavy (non-hydrogen) atoms. The maximum Gasteiger partial charge on any atom is 0.239 e. The van der Waals surface area contributed by atoms with E-state index in [1.165, 1.54) is 108 Å². The van der Waals surface area contributed by atoms with Crippen molar-refractivity contribution < 1.29 is 28.8 Å². The molecule has 0 saturated carbocycles. The fourth-order valence-corrected chi connectivity index (χ4v) is 7.09. The van der Waals surface area contributed by atoms with Gasteiger partial charge in [-0.2, -0.15) is 0 Å². The van der Waals surface area contributed by atoms with Crippen LogP contribution in [0.5, 0.6) is 28.7 Å². The highest BCUT2D eigenvalue weighted by Gasteiger charge is 2.26. The van der Waals surface area contributed by atoms with Gasteiger partial charge in [-0.3, -0.25) is 4.79 Å². The SMILES string of the molecule is CCCCCCCCOc1cc2oc(-c3ccc(O)c(O)c3)c(OCCCCCCCC)c(=O)c2c(OCCCCCCCC)c1CCCCCCCC. The minimum Gasteiger partial charge on any atom is -0.504 e. The third-order valence-corrected chi connectivity index (χ3v) is 10.4. The lowest BCUT2D eigenvalue weighted by Crippen LogP contribution is -2.14.